The number of fused-ring (bicyclic) bond motifs is 3. The van der Waals surface area contributed by atoms with Crippen LogP contribution >= 0.6 is 0 Å². The zero-order valence-electron chi connectivity index (χ0n) is 13.8. The Bertz CT molecular complexity index is 696. The number of amides is 1. The highest BCUT2D eigenvalue weighted by atomic mass is 16.6. The van der Waals surface area contributed by atoms with E-state index in [1.54, 1.807) is 0 Å². The Balaban J connectivity index is 1.78. The molecule has 4 nitrogen and oxygen atoms in total. The second-order valence-electron chi connectivity index (χ2n) is 5.92. The van der Waals surface area contributed by atoms with Crippen LogP contribution in [-0.4, -0.2) is 37.0 Å². The third-order valence-electron chi connectivity index (χ3n) is 4.38. The largest absolute Gasteiger partial charge is 0.448 e. The van der Waals surface area contributed by atoms with Crippen molar-refractivity contribution in [2.45, 2.75) is 19.3 Å². The van der Waals surface area contributed by atoms with Crippen LogP contribution in [0.3, 0.4) is 0 Å². The number of carbonyl (C=O) groups excluding carboxylic acids is 2. The van der Waals surface area contributed by atoms with Crippen molar-refractivity contribution in [2.24, 2.45) is 0 Å². The minimum absolute atomic E-state index is 0.0426. The van der Waals surface area contributed by atoms with E-state index < -0.39 is 6.09 Å². The van der Waals surface area contributed by atoms with Gasteiger partial charge in [-0.2, -0.15) is 0 Å². The van der Waals surface area contributed by atoms with Crippen molar-refractivity contribution in [1.82, 2.24) is 4.90 Å². The maximum Gasteiger partial charge on any atom is 0.410 e. The summed E-state index contributed by atoms with van der Waals surface area (Å²) in [6.45, 7) is 2.85. The maximum atomic E-state index is 12.2. The molecule has 0 radical (unpaired) electrons. The van der Waals surface area contributed by atoms with Crippen LogP contribution in [0.1, 0.15) is 30.4 Å². The molecule has 0 saturated heterocycles. The molecule has 124 valence electrons. The van der Waals surface area contributed by atoms with Crippen molar-refractivity contribution in [2.75, 3.05) is 19.7 Å². The summed E-state index contributed by atoms with van der Waals surface area (Å²) in [6, 6.07) is 16.4. The van der Waals surface area contributed by atoms with Crippen molar-refractivity contribution in [3.05, 3.63) is 59.7 Å². The van der Waals surface area contributed by atoms with Crippen LogP contribution in [0.5, 0.6) is 0 Å². The Morgan fingerprint density at radius 3 is 2.21 bits per heavy atom. The molecule has 0 unspecified atom stereocenters. The molecular formula is C20H21NO3. The number of aldehydes is 1. The standard InChI is InChI=1S/C20H21NO3/c1-2-11-21(12-13-22)20(23)24-14-19-17-9-5-3-7-15(17)16-8-4-6-10-18(16)19/h3-10,13,19H,2,11-12,14H2,1H3. The Hall–Kier alpha value is -2.62. The summed E-state index contributed by atoms with van der Waals surface area (Å²) in [6.07, 6.45) is 1.10. The lowest BCUT2D eigenvalue weighted by atomic mass is 9.98. The van der Waals surface area contributed by atoms with Gasteiger partial charge in [-0.25, -0.2) is 4.79 Å². The Morgan fingerprint density at radius 1 is 1.08 bits per heavy atom. The van der Waals surface area contributed by atoms with Gasteiger partial charge in [-0.3, -0.25) is 0 Å². The third kappa shape index (κ3) is 3.04. The van der Waals surface area contributed by atoms with Crippen molar-refractivity contribution in [3.63, 3.8) is 0 Å². The summed E-state index contributed by atoms with van der Waals surface area (Å²) in [4.78, 5) is 24.4. The molecule has 0 saturated carbocycles. The van der Waals surface area contributed by atoms with Crippen LogP contribution < -0.4 is 0 Å². The van der Waals surface area contributed by atoms with Gasteiger partial charge < -0.3 is 14.4 Å². The predicted octanol–water partition coefficient (Wildman–Crippen LogP) is 3.85. The number of rotatable bonds is 6. The van der Waals surface area contributed by atoms with Gasteiger partial charge in [0, 0.05) is 12.5 Å². The molecule has 24 heavy (non-hydrogen) atoms. The highest BCUT2D eigenvalue weighted by Crippen LogP contribution is 2.44. The summed E-state index contributed by atoms with van der Waals surface area (Å²) in [5.41, 5.74) is 4.77. The topological polar surface area (TPSA) is 46.6 Å². The summed E-state index contributed by atoms with van der Waals surface area (Å²) in [5.74, 6) is 0.0426. The molecule has 0 aromatic heterocycles. The molecule has 1 amide bonds. The molecule has 2 aromatic carbocycles. The van der Waals surface area contributed by atoms with Crippen molar-refractivity contribution in [3.8, 4) is 11.1 Å². The fourth-order valence-corrected chi connectivity index (χ4v) is 3.30. The summed E-state index contributed by atoms with van der Waals surface area (Å²) in [7, 11) is 0. The Labute approximate surface area is 142 Å². The third-order valence-corrected chi connectivity index (χ3v) is 4.38. The molecule has 1 aliphatic rings. The first kappa shape index (κ1) is 16.2. The molecular weight excluding hydrogens is 302 g/mol. The minimum Gasteiger partial charge on any atom is -0.448 e. The lowest BCUT2D eigenvalue weighted by Crippen LogP contribution is -2.34. The minimum atomic E-state index is -0.425. The van der Waals surface area contributed by atoms with Crippen LogP contribution in [0.15, 0.2) is 48.5 Å². The van der Waals surface area contributed by atoms with Gasteiger partial charge in [0.1, 0.15) is 12.9 Å². The number of hydrogen-bond acceptors (Lipinski definition) is 3. The maximum absolute atomic E-state index is 12.2. The fourth-order valence-electron chi connectivity index (χ4n) is 3.30. The average molecular weight is 323 g/mol. The number of ether oxygens (including phenoxy) is 1. The van der Waals surface area contributed by atoms with Gasteiger partial charge in [-0.1, -0.05) is 55.5 Å². The van der Waals surface area contributed by atoms with Gasteiger partial charge in [-0.15, -0.1) is 0 Å². The normalized spacial score (nSPS) is 12.4. The van der Waals surface area contributed by atoms with Crippen molar-refractivity contribution < 1.29 is 14.3 Å². The first-order valence-corrected chi connectivity index (χ1v) is 8.29. The Morgan fingerprint density at radius 2 is 1.67 bits per heavy atom. The monoisotopic (exact) mass is 323 g/mol. The van der Waals surface area contributed by atoms with Gasteiger partial charge >= 0.3 is 6.09 Å². The molecule has 1 aliphatic carbocycles. The highest BCUT2D eigenvalue weighted by molar-refractivity contribution is 5.79. The molecule has 3 rings (SSSR count). The van der Waals surface area contributed by atoms with Crippen LogP contribution in [0.2, 0.25) is 0 Å². The van der Waals surface area contributed by atoms with Gasteiger partial charge in [0.15, 0.2) is 0 Å². The molecule has 0 heterocycles. The van der Waals surface area contributed by atoms with E-state index >= 15 is 0 Å². The van der Waals surface area contributed by atoms with Crippen LogP contribution in [0.4, 0.5) is 4.79 Å². The van der Waals surface area contributed by atoms with Crippen LogP contribution in [0.25, 0.3) is 11.1 Å². The van der Waals surface area contributed by atoms with Crippen molar-refractivity contribution >= 4 is 12.4 Å². The summed E-state index contributed by atoms with van der Waals surface area (Å²) >= 11 is 0. The van der Waals surface area contributed by atoms with E-state index in [0.717, 1.165) is 12.7 Å². The Kier molecular flexibility index (Phi) is 4.94. The van der Waals surface area contributed by atoms with E-state index in [9.17, 15) is 9.59 Å². The molecule has 4 heteroatoms. The van der Waals surface area contributed by atoms with Gasteiger partial charge in [0.25, 0.3) is 0 Å². The first-order valence-electron chi connectivity index (χ1n) is 8.29. The number of nitrogens with zero attached hydrogens (tertiary/aromatic N) is 1. The number of carbonyl (C=O) groups is 2. The molecule has 2 aromatic rings. The fraction of sp³-hybridized carbons (Fsp3) is 0.300. The van der Waals surface area contributed by atoms with Crippen molar-refractivity contribution in [1.29, 1.82) is 0 Å². The molecule has 0 spiro atoms. The zero-order valence-corrected chi connectivity index (χ0v) is 13.8. The predicted molar refractivity (Wildman–Crippen MR) is 93.0 cm³/mol. The lowest BCUT2D eigenvalue weighted by Gasteiger charge is -2.21. The van der Waals surface area contributed by atoms with Gasteiger partial charge in [-0.05, 0) is 28.7 Å². The molecule has 0 N–H and O–H groups in total. The second-order valence-corrected chi connectivity index (χ2v) is 5.92. The van der Waals surface area contributed by atoms with E-state index in [1.165, 1.54) is 27.2 Å². The summed E-state index contributed by atoms with van der Waals surface area (Å²) in [5, 5.41) is 0. The van der Waals surface area contributed by atoms with Crippen LogP contribution in [0, 0.1) is 0 Å². The van der Waals surface area contributed by atoms with Gasteiger partial charge in [0.05, 0.1) is 6.54 Å². The molecule has 0 fully saturated rings. The van der Waals surface area contributed by atoms with E-state index in [4.69, 9.17) is 4.74 Å². The van der Waals surface area contributed by atoms with E-state index in [0.29, 0.717) is 6.54 Å². The smallest absolute Gasteiger partial charge is 0.410 e. The quantitative estimate of drug-likeness (QED) is 0.759. The van der Waals surface area contributed by atoms with E-state index in [-0.39, 0.29) is 19.1 Å². The van der Waals surface area contributed by atoms with E-state index in [1.807, 2.05) is 31.2 Å². The molecule has 0 bridgehead atoms. The first-order chi connectivity index (χ1) is 11.8. The van der Waals surface area contributed by atoms with Crippen LogP contribution in [-0.2, 0) is 9.53 Å². The summed E-state index contributed by atoms with van der Waals surface area (Å²) < 4.78 is 5.54. The number of benzene rings is 2. The SMILES string of the molecule is CCCN(CC=O)C(=O)OCC1c2ccccc2-c2ccccc21. The molecule has 0 aliphatic heterocycles. The number of hydrogen-bond donors (Lipinski definition) is 0. The van der Waals surface area contributed by atoms with E-state index in [2.05, 4.69) is 24.3 Å². The molecule has 0 atom stereocenters. The second kappa shape index (κ2) is 7.30. The van der Waals surface area contributed by atoms with Gasteiger partial charge in [0.2, 0.25) is 0 Å². The zero-order chi connectivity index (χ0) is 16.9. The highest BCUT2D eigenvalue weighted by Gasteiger charge is 2.29. The lowest BCUT2D eigenvalue weighted by molar-refractivity contribution is -0.108. The average Bonchev–Trinajstić information content (AvgIpc) is 2.93.